The van der Waals surface area contributed by atoms with E-state index in [-0.39, 0.29) is 5.78 Å². The highest BCUT2D eigenvalue weighted by atomic mass is 16.1. The fourth-order valence-electron chi connectivity index (χ4n) is 2.79. The number of carbonyl (C=O) groups excluding carboxylic acids is 1. The first-order chi connectivity index (χ1) is 8.60. The second kappa shape index (κ2) is 5.51. The molecule has 1 aromatic heterocycles. The predicted molar refractivity (Wildman–Crippen MR) is 74.0 cm³/mol. The second-order valence-corrected chi connectivity index (χ2v) is 5.53. The van der Waals surface area contributed by atoms with E-state index in [9.17, 15) is 4.79 Å². The molecule has 2 atom stereocenters. The molecule has 98 valence electrons. The van der Waals surface area contributed by atoms with Crippen LogP contribution >= 0.6 is 0 Å². The van der Waals surface area contributed by atoms with E-state index in [2.05, 4.69) is 23.7 Å². The summed E-state index contributed by atoms with van der Waals surface area (Å²) in [4.78, 5) is 18.2. The molecule has 0 aromatic carbocycles. The Morgan fingerprint density at radius 2 is 2.00 bits per heavy atom. The fraction of sp³-hybridized carbons (Fsp3) is 0.600. The van der Waals surface area contributed by atoms with Crippen LogP contribution in [0.1, 0.15) is 44.1 Å². The number of rotatable bonds is 3. The zero-order valence-electron chi connectivity index (χ0n) is 11.5. The third-order valence-electron chi connectivity index (χ3n) is 3.59. The largest absolute Gasteiger partial charge is 0.370 e. The number of hydrogen-bond donors (Lipinski definition) is 0. The normalized spacial score (nSPS) is 24.1. The number of aromatic nitrogens is 1. The smallest absolute Gasteiger partial charge is 0.180 e. The number of Topliss-reactive ketones (excluding diaryl/α,β-unsaturated/α-hetero) is 1. The zero-order valence-corrected chi connectivity index (χ0v) is 11.5. The summed E-state index contributed by atoms with van der Waals surface area (Å²) in [5, 5.41) is 0. The minimum Gasteiger partial charge on any atom is -0.370 e. The Balaban J connectivity index is 2.11. The molecule has 3 heteroatoms. The van der Waals surface area contributed by atoms with Gasteiger partial charge in [0.2, 0.25) is 0 Å². The predicted octanol–water partition coefficient (Wildman–Crippen LogP) is 3.16. The molecule has 2 rings (SSSR count). The second-order valence-electron chi connectivity index (χ2n) is 5.53. The number of ketones is 1. The van der Waals surface area contributed by atoms with Crippen LogP contribution in [0.3, 0.4) is 0 Å². The molecule has 0 amide bonds. The molecule has 0 N–H and O–H groups in total. The molecule has 1 aromatic rings. The van der Waals surface area contributed by atoms with Crippen molar-refractivity contribution >= 4 is 11.5 Å². The van der Waals surface area contributed by atoms with Crippen LogP contribution in [0.2, 0.25) is 0 Å². The van der Waals surface area contributed by atoms with E-state index >= 15 is 0 Å². The van der Waals surface area contributed by atoms with Crippen molar-refractivity contribution in [2.45, 2.75) is 33.6 Å². The molecule has 2 unspecified atom stereocenters. The fourth-order valence-corrected chi connectivity index (χ4v) is 2.79. The van der Waals surface area contributed by atoms with Gasteiger partial charge in [-0.3, -0.25) is 9.78 Å². The highest BCUT2D eigenvalue weighted by molar-refractivity contribution is 5.94. The van der Waals surface area contributed by atoms with Gasteiger partial charge in [-0.05, 0) is 30.4 Å². The molecule has 0 bridgehead atoms. The Hall–Kier alpha value is -1.38. The van der Waals surface area contributed by atoms with E-state index in [0.717, 1.165) is 30.6 Å². The van der Waals surface area contributed by atoms with E-state index in [1.54, 1.807) is 0 Å². The van der Waals surface area contributed by atoms with Gasteiger partial charge in [-0.25, -0.2) is 0 Å². The molecule has 0 spiro atoms. The topological polar surface area (TPSA) is 33.2 Å². The van der Waals surface area contributed by atoms with Gasteiger partial charge >= 0.3 is 0 Å². The van der Waals surface area contributed by atoms with Crippen LogP contribution in [0.5, 0.6) is 0 Å². The van der Waals surface area contributed by atoms with Gasteiger partial charge in [0.25, 0.3) is 0 Å². The summed E-state index contributed by atoms with van der Waals surface area (Å²) in [5.41, 5.74) is 1.72. The van der Waals surface area contributed by atoms with E-state index in [1.165, 1.54) is 6.42 Å². The molecule has 1 aliphatic rings. The summed E-state index contributed by atoms with van der Waals surface area (Å²) in [6, 6.07) is 3.88. The minimum atomic E-state index is 0.113. The molecule has 0 radical (unpaired) electrons. The van der Waals surface area contributed by atoms with Crippen LogP contribution in [0, 0.1) is 11.8 Å². The van der Waals surface area contributed by atoms with Crippen molar-refractivity contribution in [2.75, 3.05) is 18.0 Å². The SMILES string of the molecule is CCC(=O)c1ccc(N2CC(C)CC(C)C2)cn1. The Bertz CT molecular complexity index is 403. The van der Waals surface area contributed by atoms with Crippen molar-refractivity contribution < 1.29 is 4.79 Å². The number of anilines is 1. The van der Waals surface area contributed by atoms with Crippen LogP contribution < -0.4 is 4.90 Å². The third kappa shape index (κ3) is 2.89. The molecular weight excluding hydrogens is 224 g/mol. The Labute approximate surface area is 109 Å². The molecule has 3 nitrogen and oxygen atoms in total. The maximum atomic E-state index is 11.5. The zero-order chi connectivity index (χ0) is 13.1. The van der Waals surface area contributed by atoms with Crippen molar-refractivity contribution in [1.29, 1.82) is 0 Å². The van der Waals surface area contributed by atoms with Crippen LogP contribution in [0.15, 0.2) is 18.3 Å². The summed E-state index contributed by atoms with van der Waals surface area (Å²) in [6.45, 7) is 8.64. The number of hydrogen-bond acceptors (Lipinski definition) is 3. The highest BCUT2D eigenvalue weighted by Crippen LogP contribution is 2.25. The monoisotopic (exact) mass is 246 g/mol. The van der Waals surface area contributed by atoms with Crippen molar-refractivity contribution in [1.82, 2.24) is 4.98 Å². The molecule has 18 heavy (non-hydrogen) atoms. The third-order valence-corrected chi connectivity index (χ3v) is 3.59. The average Bonchev–Trinajstić information content (AvgIpc) is 2.37. The van der Waals surface area contributed by atoms with Crippen LogP contribution in [-0.4, -0.2) is 23.9 Å². The number of carbonyl (C=O) groups is 1. The first-order valence-corrected chi connectivity index (χ1v) is 6.84. The minimum absolute atomic E-state index is 0.113. The molecule has 2 heterocycles. The van der Waals surface area contributed by atoms with Gasteiger partial charge in [0.1, 0.15) is 5.69 Å². The lowest BCUT2D eigenvalue weighted by atomic mass is 9.91. The van der Waals surface area contributed by atoms with Crippen LogP contribution in [-0.2, 0) is 0 Å². The molecule has 0 saturated carbocycles. The summed E-state index contributed by atoms with van der Waals surface area (Å²) in [5.74, 6) is 1.57. The van der Waals surface area contributed by atoms with Gasteiger partial charge in [-0.1, -0.05) is 20.8 Å². The van der Waals surface area contributed by atoms with Crippen LogP contribution in [0.25, 0.3) is 0 Å². The van der Waals surface area contributed by atoms with Crippen molar-refractivity contribution in [3.05, 3.63) is 24.0 Å². The number of piperidine rings is 1. The van der Waals surface area contributed by atoms with E-state index in [4.69, 9.17) is 0 Å². The first kappa shape index (κ1) is 13.1. The lowest BCUT2D eigenvalue weighted by Crippen LogP contribution is -2.38. The summed E-state index contributed by atoms with van der Waals surface area (Å²) in [7, 11) is 0. The van der Waals surface area contributed by atoms with Gasteiger partial charge < -0.3 is 4.90 Å². The van der Waals surface area contributed by atoms with Gasteiger partial charge in [0, 0.05) is 19.5 Å². The Kier molecular flexibility index (Phi) is 4.00. The first-order valence-electron chi connectivity index (χ1n) is 6.84. The van der Waals surface area contributed by atoms with Crippen molar-refractivity contribution in [3.63, 3.8) is 0 Å². The summed E-state index contributed by atoms with van der Waals surface area (Å²) < 4.78 is 0. The maximum Gasteiger partial charge on any atom is 0.180 e. The van der Waals surface area contributed by atoms with Gasteiger partial charge in [-0.15, -0.1) is 0 Å². The average molecular weight is 246 g/mol. The lowest BCUT2D eigenvalue weighted by Gasteiger charge is -2.36. The van der Waals surface area contributed by atoms with E-state index in [0.29, 0.717) is 12.1 Å². The summed E-state index contributed by atoms with van der Waals surface area (Å²) in [6.07, 6.45) is 3.66. The standard InChI is InChI=1S/C15H22N2O/c1-4-15(18)14-6-5-13(8-16-14)17-9-11(2)7-12(3)10-17/h5-6,8,11-12H,4,7,9-10H2,1-3H3. The molecular formula is C15H22N2O. The number of nitrogens with zero attached hydrogens (tertiary/aromatic N) is 2. The van der Waals surface area contributed by atoms with E-state index < -0.39 is 0 Å². The molecule has 1 saturated heterocycles. The van der Waals surface area contributed by atoms with Crippen molar-refractivity contribution in [2.24, 2.45) is 11.8 Å². The Morgan fingerprint density at radius 3 is 2.50 bits per heavy atom. The quantitative estimate of drug-likeness (QED) is 0.768. The van der Waals surface area contributed by atoms with Crippen molar-refractivity contribution in [3.8, 4) is 0 Å². The van der Waals surface area contributed by atoms with Gasteiger partial charge in [-0.2, -0.15) is 0 Å². The molecule has 1 aliphatic heterocycles. The number of pyridine rings is 1. The van der Waals surface area contributed by atoms with Gasteiger partial charge in [0.05, 0.1) is 11.9 Å². The molecule has 1 fully saturated rings. The maximum absolute atomic E-state index is 11.5. The Morgan fingerprint density at radius 1 is 1.33 bits per heavy atom. The van der Waals surface area contributed by atoms with Gasteiger partial charge in [0.15, 0.2) is 5.78 Å². The summed E-state index contributed by atoms with van der Waals surface area (Å²) >= 11 is 0. The van der Waals surface area contributed by atoms with E-state index in [1.807, 2.05) is 25.3 Å². The highest BCUT2D eigenvalue weighted by Gasteiger charge is 2.22. The van der Waals surface area contributed by atoms with Crippen LogP contribution in [0.4, 0.5) is 5.69 Å². The molecule has 0 aliphatic carbocycles. The lowest BCUT2D eigenvalue weighted by molar-refractivity contribution is 0.0983.